The lowest BCUT2D eigenvalue weighted by Crippen LogP contribution is -2.19. The van der Waals surface area contributed by atoms with Crippen LogP contribution in [0.25, 0.3) is 0 Å². The van der Waals surface area contributed by atoms with Crippen LogP contribution in [0.15, 0.2) is 34.1 Å². The molecule has 0 fully saturated rings. The number of hydrogen-bond acceptors (Lipinski definition) is 3. The molecule has 0 amide bonds. The van der Waals surface area contributed by atoms with Crippen LogP contribution < -0.4 is 10.1 Å². The molecule has 1 aromatic carbocycles. The Morgan fingerprint density at radius 3 is 2.72 bits per heavy atom. The van der Waals surface area contributed by atoms with Gasteiger partial charge in [-0.15, -0.1) is 11.3 Å². The molecular formula is C13H13BrFNOS. The van der Waals surface area contributed by atoms with E-state index in [4.69, 9.17) is 4.74 Å². The van der Waals surface area contributed by atoms with Crippen LogP contribution in [0.5, 0.6) is 5.75 Å². The second-order valence-corrected chi connectivity index (χ2v) is 5.51. The zero-order valence-electron chi connectivity index (χ0n) is 10.0. The fraction of sp³-hybridized carbons (Fsp3) is 0.231. The van der Waals surface area contributed by atoms with Crippen LogP contribution >= 0.6 is 27.3 Å². The van der Waals surface area contributed by atoms with E-state index in [1.807, 2.05) is 18.5 Å². The van der Waals surface area contributed by atoms with Crippen molar-refractivity contribution in [1.29, 1.82) is 0 Å². The summed E-state index contributed by atoms with van der Waals surface area (Å²) < 4.78 is 20.3. The number of methoxy groups -OCH3 is 1. The first-order valence-electron chi connectivity index (χ1n) is 5.41. The highest BCUT2D eigenvalue weighted by atomic mass is 79.9. The first-order chi connectivity index (χ1) is 8.69. The lowest BCUT2D eigenvalue weighted by molar-refractivity contribution is 0.399. The highest BCUT2D eigenvalue weighted by molar-refractivity contribution is 9.10. The quantitative estimate of drug-likeness (QED) is 0.916. The molecule has 1 heterocycles. The van der Waals surface area contributed by atoms with Gasteiger partial charge in [-0.25, -0.2) is 4.39 Å². The lowest BCUT2D eigenvalue weighted by atomic mass is 10.0. The number of rotatable bonds is 4. The monoisotopic (exact) mass is 329 g/mol. The first-order valence-corrected chi connectivity index (χ1v) is 7.08. The van der Waals surface area contributed by atoms with Crippen molar-refractivity contribution in [3.05, 3.63) is 50.4 Å². The van der Waals surface area contributed by atoms with Crippen LogP contribution in [-0.2, 0) is 0 Å². The molecule has 0 radical (unpaired) electrons. The molecule has 2 rings (SSSR count). The van der Waals surface area contributed by atoms with Gasteiger partial charge in [-0.05, 0) is 46.6 Å². The summed E-state index contributed by atoms with van der Waals surface area (Å²) in [7, 11) is 3.36. The summed E-state index contributed by atoms with van der Waals surface area (Å²) in [6.07, 6.45) is 0. The van der Waals surface area contributed by atoms with Crippen molar-refractivity contribution >= 4 is 27.3 Å². The first kappa shape index (κ1) is 13.5. The third-order valence-corrected chi connectivity index (χ3v) is 4.65. The zero-order chi connectivity index (χ0) is 13.1. The Morgan fingerprint density at radius 2 is 2.17 bits per heavy atom. The van der Waals surface area contributed by atoms with E-state index in [9.17, 15) is 4.39 Å². The third kappa shape index (κ3) is 2.43. The minimum absolute atomic E-state index is 0.226. The normalized spacial score (nSPS) is 12.4. The maximum absolute atomic E-state index is 14.1. The molecule has 96 valence electrons. The summed E-state index contributed by atoms with van der Waals surface area (Å²) in [5.41, 5.74) is 0.533. The van der Waals surface area contributed by atoms with Crippen molar-refractivity contribution in [2.45, 2.75) is 6.04 Å². The highest BCUT2D eigenvalue weighted by Gasteiger charge is 2.23. The van der Waals surface area contributed by atoms with E-state index in [2.05, 4.69) is 21.2 Å². The Labute approximate surface area is 118 Å². The number of nitrogens with one attached hydrogen (secondary N) is 1. The second-order valence-electron chi connectivity index (χ2n) is 3.71. The van der Waals surface area contributed by atoms with Crippen LogP contribution in [0.1, 0.15) is 16.5 Å². The van der Waals surface area contributed by atoms with Crippen LogP contribution in [-0.4, -0.2) is 14.2 Å². The molecule has 1 aromatic heterocycles. The molecule has 2 aromatic rings. The summed E-state index contributed by atoms with van der Waals surface area (Å²) in [5.74, 6) is 0.281. The van der Waals surface area contributed by atoms with Crippen molar-refractivity contribution in [3.8, 4) is 5.75 Å². The van der Waals surface area contributed by atoms with Crippen molar-refractivity contribution in [2.75, 3.05) is 14.2 Å². The maximum atomic E-state index is 14.1. The van der Waals surface area contributed by atoms with Gasteiger partial charge < -0.3 is 10.1 Å². The van der Waals surface area contributed by atoms with E-state index in [0.29, 0.717) is 11.3 Å². The smallest absolute Gasteiger partial charge is 0.132 e. The summed E-state index contributed by atoms with van der Waals surface area (Å²) in [4.78, 5) is 1.03. The predicted octanol–water partition coefficient (Wildman–Crippen LogP) is 3.97. The van der Waals surface area contributed by atoms with Gasteiger partial charge >= 0.3 is 0 Å². The van der Waals surface area contributed by atoms with E-state index in [1.165, 1.54) is 6.07 Å². The molecule has 0 aliphatic heterocycles. The number of thiophene rings is 1. The molecular weight excluding hydrogens is 317 g/mol. The van der Waals surface area contributed by atoms with E-state index in [1.54, 1.807) is 30.6 Å². The lowest BCUT2D eigenvalue weighted by Gasteiger charge is -2.19. The van der Waals surface area contributed by atoms with Gasteiger partial charge in [0.2, 0.25) is 0 Å². The van der Waals surface area contributed by atoms with Gasteiger partial charge in [0, 0.05) is 9.35 Å². The average Bonchev–Trinajstić information content (AvgIpc) is 2.79. The maximum Gasteiger partial charge on any atom is 0.132 e. The van der Waals surface area contributed by atoms with Gasteiger partial charge in [0.25, 0.3) is 0 Å². The van der Waals surface area contributed by atoms with Gasteiger partial charge in [0.05, 0.1) is 18.7 Å². The van der Waals surface area contributed by atoms with Crippen LogP contribution in [0.4, 0.5) is 4.39 Å². The van der Waals surface area contributed by atoms with E-state index in [0.717, 1.165) is 9.35 Å². The van der Waals surface area contributed by atoms with Crippen molar-refractivity contribution in [2.24, 2.45) is 0 Å². The molecule has 0 spiro atoms. The Kier molecular flexibility index (Phi) is 4.37. The van der Waals surface area contributed by atoms with Gasteiger partial charge in [-0.1, -0.05) is 6.07 Å². The summed E-state index contributed by atoms with van der Waals surface area (Å²) >= 11 is 5.06. The van der Waals surface area contributed by atoms with Crippen molar-refractivity contribution in [3.63, 3.8) is 0 Å². The molecule has 0 aliphatic carbocycles. The number of benzene rings is 1. The van der Waals surface area contributed by atoms with Crippen LogP contribution in [0.2, 0.25) is 0 Å². The summed E-state index contributed by atoms with van der Waals surface area (Å²) in [5, 5.41) is 5.11. The Morgan fingerprint density at radius 1 is 1.39 bits per heavy atom. The SMILES string of the molecule is CNC(c1sccc1Br)c1c(F)cccc1OC. The molecule has 1 atom stereocenters. The standard InChI is InChI=1S/C13H13BrFNOS/c1-16-12(13-8(14)6-7-18-13)11-9(15)4-3-5-10(11)17-2/h3-7,12,16H,1-2H3. The van der Waals surface area contributed by atoms with E-state index in [-0.39, 0.29) is 11.9 Å². The minimum Gasteiger partial charge on any atom is -0.496 e. The fourth-order valence-electron chi connectivity index (χ4n) is 1.89. The average molecular weight is 330 g/mol. The molecule has 1 N–H and O–H groups in total. The zero-order valence-corrected chi connectivity index (χ0v) is 12.4. The minimum atomic E-state index is -0.269. The Hall–Kier alpha value is -0.910. The molecule has 1 unspecified atom stereocenters. The topological polar surface area (TPSA) is 21.3 Å². The van der Waals surface area contributed by atoms with Gasteiger partial charge in [0.1, 0.15) is 11.6 Å². The van der Waals surface area contributed by atoms with Gasteiger partial charge in [-0.2, -0.15) is 0 Å². The largest absolute Gasteiger partial charge is 0.496 e. The Balaban J connectivity index is 2.55. The molecule has 2 nitrogen and oxygen atoms in total. The van der Waals surface area contributed by atoms with Crippen LogP contribution in [0, 0.1) is 5.82 Å². The van der Waals surface area contributed by atoms with Gasteiger partial charge in [0.15, 0.2) is 0 Å². The number of halogens is 2. The van der Waals surface area contributed by atoms with E-state index >= 15 is 0 Å². The summed E-state index contributed by atoms with van der Waals surface area (Å²) in [6.45, 7) is 0. The molecule has 0 saturated heterocycles. The molecule has 0 bridgehead atoms. The molecule has 0 saturated carbocycles. The van der Waals surface area contributed by atoms with Crippen molar-refractivity contribution < 1.29 is 9.13 Å². The molecule has 18 heavy (non-hydrogen) atoms. The predicted molar refractivity (Wildman–Crippen MR) is 75.9 cm³/mol. The fourth-order valence-corrected chi connectivity index (χ4v) is 3.61. The molecule has 5 heteroatoms. The van der Waals surface area contributed by atoms with Crippen LogP contribution in [0.3, 0.4) is 0 Å². The Bertz CT molecular complexity index is 544. The number of hydrogen-bond donors (Lipinski definition) is 1. The summed E-state index contributed by atoms with van der Waals surface area (Å²) in [6, 6.07) is 6.59. The highest BCUT2D eigenvalue weighted by Crippen LogP contribution is 2.37. The third-order valence-electron chi connectivity index (χ3n) is 2.72. The number of ether oxygens (including phenoxy) is 1. The molecule has 0 aliphatic rings. The second kappa shape index (κ2) is 5.82. The van der Waals surface area contributed by atoms with E-state index < -0.39 is 0 Å². The van der Waals surface area contributed by atoms with Crippen molar-refractivity contribution in [1.82, 2.24) is 5.32 Å². The van der Waals surface area contributed by atoms with Gasteiger partial charge in [-0.3, -0.25) is 0 Å².